The number of rotatable bonds is 6. The highest BCUT2D eigenvalue weighted by Crippen LogP contribution is 2.35. The second-order valence-electron chi connectivity index (χ2n) is 5.62. The molecule has 0 fully saturated rings. The van der Waals surface area contributed by atoms with Gasteiger partial charge in [-0.2, -0.15) is 0 Å². The van der Waals surface area contributed by atoms with E-state index < -0.39 is 0 Å². The molecule has 6 nitrogen and oxygen atoms in total. The second kappa shape index (κ2) is 7.84. The van der Waals surface area contributed by atoms with Crippen LogP contribution < -0.4 is 10.1 Å². The van der Waals surface area contributed by atoms with Crippen LogP contribution in [-0.2, 0) is 12.8 Å². The molecule has 1 aliphatic rings. The molecule has 0 unspecified atom stereocenters. The molecule has 0 saturated heterocycles. The maximum Gasteiger partial charge on any atom is 0.265 e. The minimum absolute atomic E-state index is 0.118. The zero-order valence-corrected chi connectivity index (χ0v) is 15.5. The maximum absolute atomic E-state index is 12.0. The highest BCUT2D eigenvalue weighted by atomic mass is 32.2. The molecular formula is C18H16N4O2S2. The monoisotopic (exact) mass is 384 g/mol. The summed E-state index contributed by atoms with van der Waals surface area (Å²) in [5.41, 5.74) is 2.65. The van der Waals surface area contributed by atoms with E-state index in [1.54, 1.807) is 30.4 Å². The molecule has 132 valence electrons. The Kier molecular flexibility index (Phi) is 5.12. The van der Waals surface area contributed by atoms with Crippen LogP contribution in [0, 0.1) is 0 Å². The van der Waals surface area contributed by atoms with Crippen molar-refractivity contribution >= 4 is 34.7 Å². The number of amides is 1. The molecule has 0 aromatic carbocycles. The largest absolute Gasteiger partial charge is 0.476 e. The average molecular weight is 384 g/mol. The summed E-state index contributed by atoms with van der Waals surface area (Å²) in [5, 5.41) is 4.72. The predicted molar refractivity (Wildman–Crippen MR) is 102 cm³/mol. The number of nitrogens with one attached hydrogen (secondary N) is 1. The number of hydrogen-bond donors (Lipinski definition) is 1. The van der Waals surface area contributed by atoms with E-state index in [1.165, 1.54) is 11.3 Å². The van der Waals surface area contributed by atoms with E-state index in [1.807, 2.05) is 23.6 Å². The Morgan fingerprint density at radius 2 is 2.19 bits per heavy atom. The van der Waals surface area contributed by atoms with E-state index in [4.69, 9.17) is 4.74 Å². The topological polar surface area (TPSA) is 77.0 Å². The molecule has 3 aromatic rings. The normalized spacial score (nSPS) is 12.6. The van der Waals surface area contributed by atoms with Crippen molar-refractivity contribution in [2.45, 2.75) is 17.7 Å². The van der Waals surface area contributed by atoms with Crippen molar-refractivity contribution in [1.29, 1.82) is 0 Å². The van der Waals surface area contributed by atoms with E-state index >= 15 is 0 Å². The van der Waals surface area contributed by atoms with Crippen LogP contribution in [0.15, 0.2) is 47.1 Å². The Morgan fingerprint density at radius 3 is 3.00 bits per heavy atom. The Morgan fingerprint density at radius 1 is 1.23 bits per heavy atom. The molecule has 4 heterocycles. The van der Waals surface area contributed by atoms with Crippen molar-refractivity contribution in [1.82, 2.24) is 15.0 Å². The third-order valence-corrected chi connectivity index (χ3v) is 5.83. The lowest BCUT2D eigenvalue weighted by Crippen LogP contribution is -2.11. The van der Waals surface area contributed by atoms with Crippen LogP contribution in [0.25, 0.3) is 0 Å². The van der Waals surface area contributed by atoms with E-state index in [-0.39, 0.29) is 5.91 Å². The number of carbonyl (C=O) groups excluding carboxylic acids is 1. The first-order valence-corrected chi connectivity index (χ1v) is 10.1. The summed E-state index contributed by atoms with van der Waals surface area (Å²) in [6.45, 7) is 0.498. The van der Waals surface area contributed by atoms with Gasteiger partial charge in [-0.1, -0.05) is 6.07 Å². The van der Waals surface area contributed by atoms with Gasteiger partial charge in [-0.05, 0) is 23.6 Å². The van der Waals surface area contributed by atoms with Gasteiger partial charge in [0.1, 0.15) is 6.33 Å². The van der Waals surface area contributed by atoms with Gasteiger partial charge >= 0.3 is 0 Å². The number of aromatic nitrogens is 3. The zero-order valence-electron chi connectivity index (χ0n) is 13.8. The molecule has 1 aliphatic heterocycles. The van der Waals surface area contributed by atoms with Crippen LogP contribution in [-0.4, -0.2) is 33.2 Å². The van der Waals surface area contributed by atoms with Gasteiger partial charge in [-0.3, -0.25) is 9.78 Å². The smallest absolute Gasteiger partial charge is 0.265 e. The number of thioether (sulfide) groups is 1. The molecule has 26 heavy (non-hydrogen) atoms. The number of ether oxygens (including phenoxy) is 1. The Balaban J connectivity index is 1.31. The van der Waals surface area contributed by atoms with Crippen molar-refractivity contribution < 1.29 is 9.53 Å². The fraction of sp³-hybridized carbons (Fsp3) is 0.222. The quantitative estimate of drug-likeness (QED) is 0.701. The van der Waals surface area contributed by atoms with Crippen molar-refractivity contribution in [3.05, 3.63) is 58.4 Å². The van der Waals surface area contributed by atoms with Crippen molar-refractivity contribution in [2.75, 3.05) is 17.7 Å². The van der Waals surface area contributed by atoms with Gasteiger partial charge in [-0.15, -0.1) is 23.1 Å². The lowest BCUT2D eigenvalue weighted by Gasteiger charge is -2.08. The van der Waals surface area contributed by atoms with Gasteiger partial charge in [0.2, 0.25) is 5.88 Å². The van der Waals surface area contributed by atoms with Crippen LogP contribution in [0.3, 0.4) is 0 Å². The summed E-state index contributed by atoms with van der Waals surface area (Å²) in [6, 6.07) is 7.40. The first kappa shape index (κ1) is 17.0. The number of thiophene rings is 1. The van der Waals surface area contributed by atoms with Gasteiger partial charge < -0.3 is 10.1 Å². The predicted octanol–water partition coefficient (Wildman–Crippen LogP) is 3.46. The van der Waals surface area contributed by atoms with Gasteiger partial charge in [0.05, 0.1) is 34.0 Å². The molecule has 0 radical (unpaired) electrons. The Labute approximate surface area is 159 Å². The molecular weight excluding hydrogens is 368 g/mol. The highest BCUT2D eigenvalue weighted by molar-refractivity contribution is 7.99. The number of anilines is 1. The van der Waals surface area contributed by atoms with Gasteiger partial charge in [0, 0.05) is 24.3 Å². The third kappa shape index (κ3) is 3.86. The van der Waals surface area contributed by atoms with Crippen LogP contribution in [0.5, 0.6) is 5.88 Å². The fourth-order valence-electron chi connectivity index (χ4n) is 2.57. The van der Waals surface area contributed by atoms with Crippen LogP contribution in [0.1, 0.15) is 21.1 Å². The second-order valence-corrected chi connectivity index (χ2v) is 7.67. The molecule has 0 saturated carbocycles. The summed E-state index contributed by atoms with van der Waals surface area (Å²) < 4.78 is 5.82. The fourth-order valence-corrected chi connectivity index (χ4v) is 4.24. The molecule has 3 aromatic heterocycles. The number of pyridine rings is 1. The first-order chi connectivity index (χ1) is 12.8. The minimum atomic E-state index is -0.118. The summed E-state index contributed by atoms with van der Waals surface area (Å²) in [6.07, 6.45) is 4.87. The molecule has 0 atom stereocenters. The SMILES string of the molecule is O=C(Nc1ccc(CCOc2ncnc3c2SCC3)nc1)c1cccs1. The maximum atomic E-state index is 12.0. The van der Waals surface area contributed by atoms with E-state index in [0.29, 0.717) is 29.5 Å². The van der Waals surface area contributed by atoms with Crippen molar-refractivity contribution in [3.8, 4) is 5.88 Å². The van der Waals surface area contributed by atoms with Crippen molar-refractivity contribution in [3.63, 3.8) is 0 Å². The van der Waals surface area contributed by atoms with Crippen LogP contribution >= 0.6 is 23.1 Å². The molecule has 0 bridgehead atoms. The number of aryl methyl sites for hydroxylation is 1. The molecule has 1 N–H and O–H groups in total. The Hall–Kier alpha value is -2.45. The Bertz CT molecular complexity index is 898. The molecule has 0 spiro atoms. The van der Waals surface area contributed by atoms with Crippen molar-refractivity contribution in [2.24, 2.45) is 0 Å². The molecule has 8 heteroatoms. The summed E-state index contributed by atoms with van der Waals surface area (Å²) in [7, 11) is 0. The van der Waals surface area contributed by atoms with E-state index in [9.17, 15) is 4.79 Å². The molecule has 0 aliphatic carbocycles. The standard InChI is InChI=1S/C18H16N4O2S2/c23-17(15-2-1-8-25-15)22-13-4-3-12(19-10-13)5-7-24-18-16-14(6-9-26-16)20-11-21-18/h1-4,8,10-11H,5-7,9H2,(H,22,23). The average Bonchev–Trinajstić information content (AvgIpc) is 3.35. The highest BCUT2D eigenvalue weighted by Gasteiger charge is 2.18. The molecule has 1 amide bonds. The first-order valence-electron chi connectivity index (χ1n) is 8.19. The number of fused-ring (bicyclic) bond motifs is 1. The van der Waals surface area contributed by atoms with E-state index in [0.717, 1.165) is 28.5 Å². The van der Waals surface area contributed by atoms with Gasteiger partial charge in [0.25, 0.3) is 5.91 Å². The molecule has 4 rings (SSSR count). The van der Waals surface area contributed by atoms with E-state index in [2.05, 4.69) is 20.3 Å². The summed E-state index contributed by atoms with van der Waals surface area (Å²) in [5.74, 6) is 1.58. The van der Waals surface area contributed by atoms with Gasteiger partial charge in [-0.25, -0.2) is 9.97 Å². The lowest BCUT2D eigenvalue weighted by atomic mass is 10.2. The van der Waals surface area contributed by atoms with Gasteiger partial charge in [0.15, 0.2) is 0 Å². The van der Waals surface area contributed by atoms with Crippen LogP contribution in [0.4, 0.5) is 5.69 Å². The lowest BCUT2D eigenvalue weighted by molar-refractivity contribution is 0.103. The summed E-state index contributed by atoms with van der Waals surface area (Å²) >= 11 is 3.15. The van der Waals surface area contributed by atoms with Crippen LogP contribution in [0.2, 0.25) is 0 Å². The number of carbonyl (C=O) groups is 1. The minimum Gasteiger partial charge on any atom is -0.476 e. The zero-order chi connectivity index (χ0) is 17.8. The number of hydrogen-bond acceptors (Lipinski definition) is 7. The third-order valence-electron chi connectivity index (χ3n) is 3.85. The summed E-state index contributed by atoms with van der Waals surface area (Å²) in [4.78, 5) is 26.7. The number of nitrogens with zero attached hydrogens (tertiary/aromatic N) is 3.